The van der Waals surface area contributed by atoms with Gasteiger partial charge in [0.1, 0.15) is 4.90 Å². The summed E-state index contributed by atoms with van der Waals surface area (Å²) < 4.78 is 4.59. The van der Waals surface area contributed by atoms with Gasteiger partial charge >= 0.3 is 5.97 Å². The lowest BCUT2D eigenvalue weighted by Crippen LogP contribution is -2.14. The zero-order chi connectivity index (χ0) is 13.7. The third kappa shape index (κ3) is 3.61. The van der Waals surface area contributed by atoms with Gasteiger partial charge < -0.3 is 4.74 Å². The summed E-state index contributed by atoms with van der Waals surface area (Å²) in [5.41, 5.74) is -0.0513. The van der Waals surface area contributed by atoms with Crippen LogP contribution < -0.4 is 0 Å². The number of thioether (sulfide) groups is 1. The number of nitrogens with zero attached hydrogens (tertiary/aromatic N) is 1. The average molecular weight is 290 g/mol. The summed E-state index contributed by atoms with van der Waals surface area (Å²) in [6.07, 6.45) is 0. The zero-order valence-corrected chi connectivity index (χ0v) is 11.5. The molecule has 0 aliphatic carbocycles. The Morgan fingerprint density at radius 1 is 1.61 bits per heavy atom. The second-order valence-electron chi connectivity index (χ2n) is 3.58. The summed E-state index contributed by atoms with van der Waals surface area (Å²) in [6, 6.07) is 4.49. The molecule has 1 unspecified atom stereocenters. The van der Waals surface area contributed by atoms with Gasteiger partial charge in [0.05, 0.1) is 23.0 Å². The molecule has 18 heavy (non-hydrogen) atoms. The van der Waals surface area contributed by atoms with E-state index in [1.807, 2.05) is 0 Å². The monoisotopic (exact) mass is 289 g/mol. The summed E-state index contributed by atoms with van der Waals surface area (Å²) in [6.45, 7) is 1.70. The number of hydrogen-bond donors (Lipinski definition) is 0. The Hall–Kier alpha value is -1.27. The van der Waals surface area contributed by atoms with E-state index in [4.69, 9.17) is 11.6 Å². The zero-order valence-electron chi connectivity index (χ0n) is 9.88. The number of rotatable bonds is 5. The van der Waals surface area contributed by atoms with E-state index in [1.165, 1.54) is 31.0 Å². The van der Waals surface area contributed by atoms with Gasteiger partial charge in [-0.3, -0.25) is 14.9 Å². The number of carbonyl (C=O) groups excluding carboxylic acids is 1. The molecule has 0 heterocycles. The molecule has 7 heteroatoms. The van der Waals surface area contributed by atoms with Crippen molar-refractivity contribution in [2.45, 2.75) is 11.8 Å². The Balaban J connectivity index is 2.84. The number of nitro benzene ring substituents is 1. The summed E-state index contributed by atoms with van der Waals surface area (Å²) >= 11 is 7.11. The minimum atomic E-state index is -0.489. The van der Waals surface area contributed by atoms with E-state index in [0.29, 0.717) is 15.7 Å². The van der Waals surface area contributed by atoms with Crippen molar-refractivity contribution in [1.82, 2.24) is 0 Å². The van der Waals surface area contributed by atoms with Gasteiger partial charge in [-0.25, -0.2) is 0 Å². The van der Waals surface area contributed by atoms with E-state index in [2.05, 4.69) is 4.74 Å². The highest BCUT2D eigenvalue weighted by atomic mass is 35.5. The maximum Gasteiger partial charge on any atom is 0.309 e. The van der Waals surface area contributed by atoms with Crippen molar-refractivity contribution in [2.75, 3.05) is 12.9 Å². The quantitative estimate of drug-likeness (QED) is 0.360. The molecular formula is C11H12ClNO4S. The largest absolute Gasteiger partial charge is 0.469 e. The van der Waals surface area contributed by atoms with Crippen molar-refractivity contribution >= 4 is 35.0 Å². The smallest absolute Gasteiger partial charge is 0.309 e. The summed E-state index contributed by atoms with van der Waals surface area (Å²) in [4.78, 5) is 22.0. The molecule has 0 radical (unpaired) electrons. The third-order valence-electron chi connectivity index (χ3n) is 2.22. The van der Waals surface area contributed by atoms with Crippen LogP contribution in [0.1, 0.15) is 6.92 Å². The van der Waals surface area contributed by atoms with Crippen molar-refractivity contribution < 1.29 is 14.5 Å². The maximum atomic E-state index is 11.2. The molecule has 98 valence electrons. The molecule has 0 N–H and O–H groups in total. The van der Waals surface area contributed by atoms with Crippen molar-refractivity contribution in [3.05, 3.63) is 33.3 Å². The first-order chi connectivity index (χ1) is 8.47. The minimum absolute atomic E-state index is 0.0513. The predicted octanol–water partition coefficient (Wildman–Crippen LogP) is 3.15. The summed E-state index contributed by atoms with van der Waals surface area (Å²) in [5.74, 6) is -0.329. The molecule has 0 fully saturated rings. The van der Waals surface area contributed by atoms with Gasteiger partial charge in [-0.15, -0.1) is 11.8 Å². The first kappa shape index (κ1) is 14.8. The fraction of sp³-hybridized carbons (Fsp3) is 0.364. The number of hydrogen-bond acceptors (Lipinski definition) is 5. The van der Waals surface area contributed by atoms with Crippen LogP contribution >= 0.6 is 23.4 Å². The van der Waals surface area contributed by atoms with Gasteiger partial charge in [0.2, 0.25) is 0 Å². The molecule has 1 aromatic rings. The highest BCUT2D eigenvalue weighted by Gasteiger charge is 2.20. The Labute approximate surface area is 114 Å². The van der Waals surface area contributed by atoms with Crippen LogP contribution in [0.5, 0.6) is 0 Å². The first-order valence-electron chi connectivity index (χ1n) is 5.11. The molecule has 1 atom stereocenters. The SMILES string of the molecule is COC(=O)C(C)CSc1c(Cl)cccc1[N+](=O)[O-]. The first-order valence-corrected chi connectivity index (χ1v) is 6.47. The average Bonchev–Trinajstić information content (AvgIpc) is 2.35. The molecule has 0 saturated carbocycles. The predicted molar refractivity (Wildman–Crippen MR) is 70.0 cm³/mol. The van der Waals surface area contributed by atoms with Gasteiger partial charge in [-0.2, -0.15) is 0 Å². The van der Waals surface area contributed by atoms with E-state index in [0.717, 1.165) is 0 Å². The van der Waals surface area contributed by atoms with Crippen molar-refractivity contribution in [3.63, 3.8) is 0 Å². The Bertz CT molecular complexity index is 466. The lowest BCUT2D eigenvalue weighted by atomic mass is 10.2. The highest BCUT2D eigenvalue weighted by Crippen LogP contribution is 2.36. The number of carbonyl (C=O) groups is 1. The molecule has 0 aliphatic rings. The Morgan fingerprint density at radius 2 is 2.28 bits per heavy atom. The van der Waals surface area contributed by atoms with Crippen LogP contribution in [0, 0.1) is 16.0 Å². The van der Waals surface area contributed by atoms with Crippen molar-refractivity contribution in [3.8, 4) is 0 Å². The second kappa shape index (κ2) is 6.61. The lowest BCUT2D eigenvalue weighted by molar-refractivity contribution is -0.387. The highest BCUT2D eigenvalue weighted by molar-refractivity contribution is 7.99. The van der Waals surface area contributed by atoms with E-state index in [9.17, 15) is 14.9 Å². The Kier molecular flexibility index (Phi) is 5.43. The molecular weight excluding hydrogens is 278 g/mol. The number of esters is 1. The maximum absolute atomic E-state index is 11.2. The van der Waals surface area contributed by atoms with E-state index >= 15 is 0 Å². The summed E-state index contributed by atoms with van der Waals surface area (Å²) in [5, 5.41) is 11.2. The van der Waals surface area contributed by atoms with Crippen LogP contribution in [0.25, 0.3) is 0 Å². The van der Waals surface area contributed by atoms with Crippen LogP contribution in [0.4, 0.5) is 5.69 Å². The lowest BCUT2D eigenvalue weighted by Gasteiger charge is -2.09. The Morgan fingerprint density at radius 3 is 2.83 bits per heavy atom. The van der Waals surface area contributed by atoms with E-state index in [-0.39, 0.29) is 17.6 Å². The molecule has 0 aliphatic heterocycles. The molecule has 0 aromatic heterocycles. The van der Waals surface area contributed by atoms with Gasteiger partial charge in [-0.1, -0.05) is 24.6 Å². The normalized spacial score (nSPS) is 11.9. The van der Waals surface area contributed by atoms with E-state index in [1.54, 1.807) is 13.0 Å². The molecule has 0 amide bonds. The number of halogens is 1. The molecule has 0 saturated heterocycles. The fourth-order valence-corrected chi connectivity index (χ4v) is 2.64. The van der Waals surface area contributed by atoms with Gasteiger partial charge in [0, 0.05) is 11.8 Å². The molecule has 5 nitrogen and oxygen atoms in total. The van der Waals surface area contributed by atoms with Crippen LogP contribution in [-0.4, -0.2) is 23.8 Å². The molecule has 0 bridgehead atoms. The standard InChI is InChI=1S/C11H12ClNO4S/c1-7(11(14)17-2)6-18-10-8(12)4-3-5-9(10)13(15)16/h3-5,7H,6H2,1-2H3. The van der Waals surface area contributed by atoms with Gasteiger partial charge in [0.25, 0.3) is 5.69 Å². The van der Waals surface area contributed by atoms with Crippen LogP contribution in [0.2, 0.25) is 5.02 Å². The molecule has 1 aromatic carbocycles. The van der Waals surface area contributed by atoms with Gasteiger partial charge in [0.15, 0.2) is 0 Å². The fourth-order valence-electron chi connectivity index (χ4n) is 1.26. The summed E-state index contributed by atoms with van der Waals surface area (Å²) in [7, 11) is 1.31. The number of ether oxygens (including phenoxy) is 1. The van der Waals surface area contributed by atoms with E-state index < -0.39 is 4.92 Å². The number of nitro groups is 1. The topological polar surface area (TPSA) is 69.4 Å². The molecule has 1 rings (SSSR count). The van der Waals surface area contributed by atoms with Crippen molar-refractivity contribution in [2.24, 2.45) is 5.92 Å². The van der Waals surface area contributed by atoms with Crippen LogP contribution in [0.15, 0.2) is 23.1 Å². The second-order valence-corrected chi connectivity index (χ2v) is 5.02. The van der Waals surface area contributed by atoms with Gasteiger partial charge in [-0.05, 0) is 6.07 Å². The van der Waals surface area contributed by atoms with Crippen molar-refractivity contribution in [1.29, 1.82) is 0 Å². The molecule has 0 spiro atoms. The minimum Gasteiger partial charge on any atom is -0.469 e. The number of methoxy groups -OCH3 is 1. The third-order valence-corrected chi connectivity index (χ3v) is 4.04. The number of benzene rings is 1. The van der Waals surface area contributed by atoms with Crippen LogP contribution in [0.3, 0.4) is 0 Å². The van der Waals surface area contributed by atoms with Crippen LogP contribution in [-0.2, 0) is 9.53 Å².